The van der Waals surface area contributed by atoms with Crippen LogP contribution in [0.4, 0.5) is 17.3 Å². The van der Waals surface area contributed by atoms with Crippen molar-refractivity contribution in [1.82, 2.24) is 15.3 Å². The second kappa shape index (κ2) is 6.33. The summed E-state index contributed by atoms with van der Waals surface area (Å²) in [5.74, 6) is 0.465. The Morgan fingerprint density at radius 2 is 2.05 bits per heavy atom. The molecule has 0 aliphatic carbocycles. The zero-order chi connectivity index (χ0) is 15.4. The summed E-state index contributed by atoms with van der Waals surface area (Å²) in [6.07, 6.45) is 2.60. The zero-order valence-corrected chi connectivity index (χ0v) is 12.0. The van der Waals surface area contributed by atoms with E-state index in [1.165, 1.54) is 6.33 Å². The summed E-state index contributed by atoms with van der Waals surface area (Å²) < 4.78 is 0. The molecule has 0 spiro atoms. The van der Waals surface area contributed by atoms with Crippen LogP contribution in [0.2, 0.25) is 0 Å². The van der Waals surface area contributed by atoms with Gasteiger partial charge in [-0.05, 0) is 12.8 Å². The fraction of sp³-hybridized carbons (Fsp3) is 0.583. The Morgan fingerprint density at radius 1 is 1.38 bits per heavy atom. The van der Waals surface area contributed by atoms with Crippen LogP contribution in [0.25, 0.3) is 0 Å². The molecule has 1 amide bonds. The third-order valence-electron chi connectivity index (χ3n) is 3.63. The lowest BCUT2D eigenvalue weighted by Gasteiger charge is -2.31. The number of anilines is 2. The minimum absolute atomic E-state index is 0.0164. The van der Waals surface area contributed by atoms with Crippen molar-refractivity contribution in [2.24, 2.45) is 5.92 Å². The Balaban J connectivity index is 2.21. The van der Waals surface area contributed by atoms with E-state index in [4.69, 9.17) is 0 Å². The topological polar surface area (TPSA) is 113 Å². The molecule has 2 heterocycles. The summed E-state index contributed by atoms with van der Waals surface area (Å²) >= 11 is 0. The largest absolute Gasteiger partial charge is 0.367 e. The number of amides is 1. The Hall–Kier alpha value is -2.45. The van der Waals surface area contributed by atoms with Crippen LogP contribution >= 0.6 is 0 Å². The molecule has 9 nitrogen and oxygen atoms in total. The first kappa shape index (κ1) is 14.9. The summed E-state index contributed by atoms with van der Waals surface area (Å²) in [5.41, 5.74) is -0.126. The predicted molar refractivity (Wildman–Crippen MR) is 77.2 cm³/mol. The predicted octanol–water partition coefficient (Wildman–Crippen LogP) is 0.389. The van der Waals surface area contributed by atoms with Crippen LogP contribution < -0.4 is 15.5 Å². The molecule has 0 bridgehead atoms. The Labute approximate surface area is 121 Å². The van der Waals surface area contributed by atoms with Crippen LogP contribution in [0.1, 0.15) is 12.8 Å². The summed E-state index contributed by atoms with van der Waals surface area (Å²) in [6, 6.07) is 0. The van der Waals surface area contributed by atoms with Crippen molar-refractivity contribution in [3.63, 3.8) is 0 Å². The molecule has 9 heteroatoms. The number of piperidine rings is 1. The molecule has 0 aromatic carbocycles. The molecule has 2 rings (SSSR count). The van der Waals surface area contributed by atoms with Gasteiger partial charge in [0.15, 0.2) is 0 Å². The molecule has 2 N–H and O–H groups in total. The van der Waals surface area contributed by atoms with Gasteiger partial charge < -0.3 is 15.5 Å². The number of nitro groups is 1. The molecule has 0 radical (unpaired) electrons. The summed E-state index contributed by atoms with van der Waals surface area (Å²) in [4.78, 5) is 32.2. The molecule has 1 aromatic heterocycles. The third-order valence-corrected chi connectivity index (χ3v) is 3.63. The monoisotopic (exact) mass is 294 g/mol. The van der Waals surface area contributed by atoms with Crippen molar-refractivity contribution >= 4 is 23.2 Å². The first-order valence-electron chi connectivity index (χ1n) is 6.72. The highest BCUT2D eigenvalue weighted by molar-refractivity contribution is 5.79. The van der Waals surface area contributed by atoms with Crippen molar-refractivity contribution in [3.05, 3.63) is 16.4 Å². The normalized spacial score (nSPS) is 15.6. The van der Waals surface area contributed by atoms with Crippen LogP contribution in [0.15, 0.2) is 6.33 Å². The van der Waals surface area contributed by atoms with E-state index in [2.05, 4.69) is 20.6 Å². The van der Waals surface area contributed by atoms with Crippen molar-refractivity contribution < 1.29 is 9.72 Å². The van der Waals surface area contributed by atoms with Crippen LogP contribution in [-0.2, 0) is 4.79 Å². The highest BCUT2D eigenvalue weighted by Gasteiger charge is 2.31. The highest BCUT2D eigenvalue weighted by Crippen LogP contribution is 2.33. The number of hydrogen-bond donors (Lipinski definition) is 2. The Morgan fingerprint density at radius 3 is 2.57 bits per heavy atom. The number of carbonyl (C=O) groups excluding carboxylic acids is 1. The van der Waals surface area contributed by atoms with Crippen LogP contribution in [-0.4, -0.2) is 48.0 Å². The lowest BCUT2D eigenvalue weighted by Crippen LogP contribution is -2.40. The number of hydrogen-bond acceptors (Lipinski definition) is 7. The summed E-state index contributed by atoms with van der Waals surface area (Å²) in [5, 5.41) is 16.6. The molecule has 1 fully saturated rings. The smallest absolute Gasteiger partial charge is 0.353 e. The number of nitrogens with zero attached hydrogens (tertiary/aromatic N) is 4. The van der Waals surface area contributed by atoms with Crippen molar-refractivity contribution in [1.29, 1.82) is 0 Å². The molecule has 0 unspecified atom stereocenters. The maximum Gasteiger partial charge on any atom is 0.353 e. The van der Waals surface area contributed by atoms with Crippen molar-refractivity contribution in [2.75, 3.05) is 37.4 Å². The van der Waals surface area contributed by atoms with E-state index in [0.29, 0.717) is 31.7 Å². The van der Waals surface area contributed by atoms with E-state index < -0.39 is 4.92 Å². The quantitative estimate of drug-likeness (QED) is 0.610. The molecular formula is C12H18N6O3. The average Bonchev–Trinajstić information content (AvgIpc) is 2.53. The fourth-order valence-corrected chi connectivity index (χ4v) is 2.51. The fourth-order valence-electron chi connectivity index (χ4n) is 2.51. The highest BCUT2D eigenvalue weighted by atomic mass is 16.6. The van der Waals surface area contributed by atoms with Crippen molar-refractivity contribution in [2.45, 2.75) is 12.8 Å². The lowest BCUT2D eigenvalue weighted by atomic mass is 9.96. The van der Waals surface area contributed by atoms with Gasteiger partial charge in [0.2, 0.25) is 17.5 Å². The molecular weight excluding hydrogens is 276 g/mol. The standard InChI is InChI=1S/C12H18N6O3/c1-13-10-9(18(20)21)11(16-7-15-10)17-5-3-8(4-6-17)12(19)14-2/h7-8H,3-6H2,1-2H3,(H,14,19)(H,13,15,16). The first-order chi connectivity index (χ1) is 10.1. The minimum Gasteiger partial charge on any atom is -0.367 e. The van der Waals surface area contributed by atoms with Gasteiger partial charge in [0.1, 0.15) is 6.33 Å². The van der Waals surface area contributed by atoms with Gasteiger partial charge in [0.25, 0.3) is 0 Å². The molecule has 21 heavy (non-hydrogen) atoms. The van der Waals surface area contributed by atoms with E-state index in [1.807, 2.05) is 4.90 Å². The summed E-state index contributed by atoms with van der Waals surface area (Å²) in [7, 11) is 3.19. The summed E-state index contributed by atoms with van der Waals surface area (Å²) in [6.45, 7) is 1.11. The van der Waals surface area contributed by atoms with Gasteiger partial charge in [-0.25, -0.2) is 9.97 Å². The van der Waals surface area contributed by atoms with E-state index in [9.17, 15) is 14.9 Å². The minimum atomic E-state index is -0.480. The van der Waals surface area contributed by atoms with Gasteiger partial charge in [0, 0.05) is 33.1 Å². The lowest BCUT2D eigenvalue weighted by molar-refractivity contribution is -0.383. The van der Waals surface area contributed by atoms with Gasteiger partial charge in [-0.1, -0.05) is 0 Å². The maximum atomic E-state index is 11.6. The van der Waals surface area contributed by atoms with Gasteiger partial charge in [-0.2, -0.15) is 0 Å². The maximum absolute atomic E-state index is 11.6. The first-order valence-corrected chi connectivity index (χ1v) is 6.72. The SMILES string of the molecule is CNC(=O)C1CCN(c2ncnc(NC)c2[N+](=O)[O-])CC1. The van der Waals surface area contributed by atoms with Crippen LogP contribution in [0, 0.1) is 16.0 Å². The number of carbonyl (C=O) groups is 1. The number of nitrogens with one attached hydrogen (secondary N) is 2. The molecule has 1 aliphatic heterocycles. The molecule has 1 aromatic rings. The third kappa shape index (κ3) is 3.01. The second-order valence-corrected chi connectivity index (χ2v) is 4.78. The van der Waals surface area contributed by atoms with Gasteiger partial charge in [-0.3, -0.25) is 14.9 Å². The van der Waals surface area contributed by atoms with E-state index in [-0.39, 0.29) is 23.3 Å². The zero-order valence-electron chi connectivity index (χ0n) is 12.0. The average molecular weight is 294 g/mol. The van der Waals surface area contributed by atoms with E-state index in [0.717, 1.165) is 0 Å². The van der Waals surface area contributed by atoms with Crippen LogP contribution in [0.3, 0.4) is 0 Å². The molecule has 0 saturated carbocycles. The van der Waals surface area contributed by atoms with Gasteiger partial charge >= 0.3 is 5.69 Å². The van der Waals surface area contributed by atoms with Crippen molar-refractivity contribution in [3.8, 4) is 0 Å². The van der Waals surface area contributed by atoms with E-state index in [1.54, 1.807) is 14.1 Å². The Kier molecular flexibility index (Phi) is 4.51. The molecule has 1 aliphatic rings. The molecule has 0 atom stereocenters. The molecule has 1 saturated heterocycles. The Bertz CT molecular complexity index is 542. The van der Waals surface area contributed by atoms with Gasteiger partial charge in [0.05, 0.1) is 4.92 Å². The van der Waals surface area contributed by atoms with Crippen LogP contribution in [0.5, 0.6) is 0 Å². The van der Waals surface area contributed by atoms with E-state index >= 15 is 0 Å². The van der Waals surface area contributed by atoms with Gasteiger partial charge in [-0.15, -0.1) is 0 Å². The number of rotatable bonds is 4. The second-order valence-electron chi connectivity index (χ2n) is 4.78. The number of aromatic nitrogens is 2. The molecule has 114 valence electrons.